The van der Waals surface area contributed by atoms with Crippen LogP contribution in [0.1, 0.15) is 12.8 Å². The number of rotatable bonds is 1. The highest BCUT2D eigenvalue weighted by molar-refractivity contribution is 7.88. The molecule has 1 aliphatic heterocycles. The molecule has 0 N–H and O–H groups in total. The van der Waals surface area contributed by atoms with E-state index in [2.05, 4.69) is 0 Å². The average molecular weight is 199 g/mol. The van der Waals surface area contributed by atoms with E-state index in [-0.39, 0.29) is 25.9 Å². The molecule has 3 nitrogen and oxygen atoms in total. The molecule has 12 heavy (non-hydrogen) atoms. The summed E-state index contributed by atoms with van der Waals surface area (Å²) in [4.78, 5) is 0. The van der Waals surface area contributed by atoms with Crippen LogP contribution < -0.4 is 0 Å². The van der Waals surface area contributed by atoms with Crippen LogP contribution in [0, 0.1) is 0 Å². The van der Waals surface area contributed by atoms with Crippen molar-refractivity contribution in [3.05, 3.63) is 0 Å². The van der Waals surface area contributed by atoms with Crippen molar-refractivity contribution in [2.75, 3.05) is 19.3 Å². The molecule has 1 saturated heterocycles. The van der Waals surface area contributed by atoms with E-state index in [9.17, 15) is 17.2 Å². The van der Waals surface area contributed by atoms with E-state index in [0.29, 0.717) is 0 Å². The van der Waals surface area contributed by atoms with Crippen molar-refractivity contribution in [1.82, 2.24) is 4.31 Å². The third kappa shape index (κ3) is 2.38. The van der Waals surface area contributed by atoms with Gasteiger partial charge in [0.05, 0.1) is 6.26 Å². The molecule has 0 aromatic rings. The van der Waals surface area contributed by atoms with Gasteiger partial charge in [0.25, 0.3) is 5.92 Å². The van der Waals surface area contributed by atoms with Gasteiger partial charge in [0.2, 0.25) is 10.0 Å². The van der Waals surface area contributed by atoms with Gasteiger partial charge in [0.15, 0.2) is 0 Å². The standard InChI is InChI=1S/C6H11F2NO2S/c1-12(10,11)9-4-2-6(7,8)3-5-9/h2-5H2,1H3. The van der Waals surface area contributed by atoms with Crippen molar-refractivity contribution in [2.24, 2.45) is 0 Å². The molecule has 0 spiro atoms. The molecule has 0 amide bonds. The Kier molecular flexibility index (Phi) is 2.40. The van der Waals surface area contributed by atoms with E-state index >= 15 is 0 Å². The summed E-state index contributed by atoms with van der Waals surface area (Å²) >= 11 is 0. The Bertz CT molecular complexity index is 253. The number of halogens is 2. The lowest BCUT2D eigenvalue weighted by atomic mass is 10.1. The van der Waals surface area contributed by atoms with Gasteiger partial charge in [-0.2, -0.15) is 0 Å². The maximum absolute atomic E-state index is 12.5. The van der Waals surface area contributed by atoms with Crippen molar-refractivity contribution >= 4 is 10.0 Å². The maximum atomic E-state index is 12.5. The fraction of sp³-hybridized carbons (Fsp3) is 1.00. The third-order valence-corrected chi connectivity index (χ3v) is 3.23. The molecule has 1 fully saturated rings. The number of alkyl halides is 2. The molecule has 0 bridgehead atoms. The molecule has 0 aliphatic carbocycles. The number of piperidine rings is 1. The molecule has 0 saturated carbocycles. The first-order chi connectivity index (χ1) is 5.31. The molecule has 1 aliphatic rings. The zero-order valence-corrected chi connectivity index (χ0v) is 7.57. The highest BCUT2D eigenvalue weighted by atomic mass is 32.2. The molecule has 0 atom stereocenters. The molecule has 0 unspecified atom stereocenters. The second-order valence-electron chi connectivity index (χ2n) is 3.02. The number of sulfonamides is 1. The van der Waals surface area contributed by atoms with Crippen LogP contribution in [0.5, 0.6) is 0 Å². The second-order valence-corrected chi connectivity index (χ2v) is 5.00. The summed E-state index contributed by atoms with van der Waals surface area (Å²) in [5.74, 6) is -2.68. The van der Waals surface area contributed by atoms with Crippen LogP contribution in [-0.4, -0.2) is 38.0 Å². The molecule has 0 aromatic heterocycles. The van der Waals surface area contributed by atoms with Crippen LogP contribution in [0.15, 0.2) is 0 Å². The SMILES string of the molecule is CS(=O)(=O)N1CCC(F)(F)CC1. The summed E-state index contributed by atoms with van der Waals surface area (Å²) in [5, 5.41) is 0. The van der Waals surface area contributed by atoms with Crippen LogP contribution in [0.3, 0.4) is 0 Å². The Morgan fingerprint density at radius 2 is 1.67 bits per heavy atom. The number of nitrogens with zero attached hydrogens (tertiary/aromatic N) is 1. The molecule has 1 rings (SSSR count). The van der Waals surface area contributed by atoms with Gasteiger partial charge in [-0.05, 0) is 0 Å². The minimum Gasteiger partial charge on any atom is -0.213 e. The predicted octanol–water partition coefficient (Wildman–Crippen LogP) is 0.677. The third-order valence-electron chi connectivity index (χ3n) is 1.92. The Hall–Kier alpha value is -0.230. The van der Waals surface area contributed by atoms with Crippen LogP contribution >= 0.6 is 0 Å². The van der Waals surface area contributed by atoms with Gasteiger partial charge in [-0.15, -0.1) is 0 Å². The van der Waals surface area contributed by atoms with E-state index in [4.69, 9.17) is 0 Å². The lowest BCUT2D eigenvalue weighted by Crippen LogP contribution is -2.42. The summed E-state index contributed by atoms with van der Waals surface area (Å²) in [7, 11) is -3.28. The van der Waals surface area contributed by atoms with Crippen molar-refractivity contribution in [2.45, 2.75) is 18.8 Å². The number of hydrogen-bond donors (Lipinski definition) is 0. The van der Waals surface area contributed by atoms with Gasteiger partial charge in [-0.3, -0.25) is 0 Å². The molecule has 72 valence electrons. The van der Waals surface area contributed by atoms with Gasteiger partial charge in [-0.1, -0.05) is 0 Å². The topological polar surface area (TPSA) is 37.4 Å². The fourth-order valence-corrected chi connectivity index (χ4v) is 1.99. The van der Waals surface area contributed by atoms with E-state index in [1.807, 2.05) is 0 Å². The Morgan fingerprint density at radius 3 is 2.00 bits per heavy atom. The summed E-state index contributed by atoms with van der Waals surface area (Å²) in [6.45, 7) is -0.127. The molecule has 6 heteroatoms. The summed E-state index contributed by atoms with van der Waals surface area (Å²) in [6, 6.07) is 0. The first-order valence-electron chi connectivity index (χ1n) is 3.64. The maximum Gasteiger partial charge on any atom is 0.250 e. The zero-order valence-electron chi connectivity index (χ0n) is 6.76. The van der Waals surface area contributed by atoms with Gasteiger partial charge >= 0.3 is 0 Å². The first kappa shape index (κ1) is 9.85. The fourth-order valence-electron chi connectivity index (χ4n) is 1.14. The predicted molar refractivity (Wildman–Crippen MR) is 40.6 cm³/mol. The average Bonchev–Trinajstić information content (AvgIpc) is 1.83. The summed E-state index contributed by atoms with van der Waals surface area (Å²) in [6.07, 6.45) is 0.316. The number of hydrogen-bond acceptors (Lipinski definition) is 2. The quantitative estimate of drug-likeness (QED) is 0.622. The van der Waals surface area contributed by atoms with E-state index in [0.717, 1.165) is 10.6 Å². The second kappa shape index (κ2) is 2.92. The van der Waals surface area contributed by atoms with Gasteiger partial charge in [-0.25, -0.2) is 21.5 Å². The Labute approximate surface area is 70.4 Å². The lowest BCUT2D eigenvalue weighted by molar-refractivity contribution is -0.0411. The minimum absolute atomic E-state index is 0.0637. The van der Waals surface area contributed by atoms with Crippen LogP contribution in [0.25, 0.3) is 0 Å². The largest absolute Gasteiger partial charge is 0.250 e. The van der Waals surface area contributed by atoms with Crippen LogP contribution in [0.4, 0.5) is 8.78 Å². The normalized spacial score (nSPS) is 25.6. The molecule has 0 radical (unpaired) electrons. The van der Waals surface area contributed by atoms with Crippen LogP contribution in [0.2, 0.25) is 0 Å². The monoisotopic (exact) mass is 199 g/mol. The van der Waals surface area contributed by atoms with E-state index in [1.165, 1.54) is 0 Å². The van der Waals surface area contributed by atoms with Gasteiger partial charge in [0.1, 0.15) is 0 Å². The summed E-state index contributed by atoms with van der Waals surface area (Å²) < 4.78 is 47.9. The zero-order chi connectivity index (χ0) is 9.41. The van der Waals surface area contributed by atoms with E-state index < -0.39 is 15.9 Å². The van der Waals surface area contributed by atoms with Crippen LogP contribution in [-0.2, 0) is 10.0 Å². The Balaban J connectivity index is 2.59. The smallest absolute Gasteiger partial charge is 0.213 e. The molecule has 0 aromatic carbocycles. The van der Waals surface area contributed by atoms with Gasteiger partial charge in [0, 0.05) is 25.9 Å². The van der Waals surface area contributed by atoms with Crippen molar-refractivity contribution < 1.29 is 17.2 Å². The van der Waals surface area contributed by atoms with Crippen molar-refractivity contribution in [3.63, 3.8) is 0 Å². The summed E-state index contributed by atoms with van der Waals surface area (Å²) in [5.41, 5.74) is 0. The minimum atomic E-state index is -3.28. The highest BCUT2D eigenvalue weighted by Gasteiger charge is 2.36. The molecular formula is C6H11F2NO2S. The first-order valence-corrected chi connectivity index (χ1v) is 5.49. The highest BCUT2D eigenvalue weighted by Crippen LogP contribution is 2.28. The van der Waals surface area contributed by atoms with Gasteiger partial charge < -0.3 is 0 Å². The van der Waals surface area contributed by atoms with Crippen molar-refractivity contribution in [1.29, 1.82) is 0 Å². The van der Waals surface area contributed by atoms with Crippen molar-refractivity contribution in [3.8, 4) is 0 Å². The van der Waals surface area contributed by atoms with E-state index in [1.54, 1.807) is 0 Å². The lowest BCUT2D eigenvalue weighted by Gasteiger charge is -2.29. The molecule has 1 heterocycles. The molecular weight excluding hydrogens is 188 g/mol. The Morgan fingerprint density at radius 1 is 1.25 bits per heavy atom.